The third-order valence-corrected chi connectivity index (χ3v) is 3.44. The van der Waals surface area contributed by atoms with Crippen molar-refractivity contribution in [3.63, 3.8) is 0 Å². The molecule has 1 aromatic carbocycles. The van der Waals surface area contributed by atoms with Crippen LogP contribution in [0.1, 0.15) is 31.9 Å². The number of benzene rings is 1. The topological polar surface area (TPSA) is 26.3 Å². The number of aryl methyl sites for hydroxylation is 2. The second kappa shape index (κ2) is 5.58. The summed E-state index contributed by atoms with van der Waals surface area (Å²) in [4.78, 5) is 11.7. The highest BCUT2D eigenvalue weighted by Crippen LogP contribution is 2.24. The zero-order chi connectivity index (χ0) is 13.1. The maximum Gasteiger partial charge on any atom is 0.321 e. The Morgan fingerprint density at radius 1 is 1.29 bits per heavy atom. The van der Waals surface area contributed by atoms with Crippen molar-refractivity contribution in [2.45, 2.75) is 39.4 Å². The van der Waals surface area contributed by atoms with E-state index in [4.69, 9.17) is 4.74 Å². The molecular formula is C14H20O2S. The average Bonchev–Trinajstić information content (AvgIpc) is 2.20. The van der Waals surface area contributed by atoms with Gasteiger partial charge in [0.1, 0.15) is 5.75 Å². The second-order valence-electron chi connectivity index (χ2n) is 5.14. The first-order valence-electron chi connectivity index (χ1n) is 5.70. The normalized spacial score (nSPS) is 11.4. The van der Waals surface area contributed by atoms with Gasteiger partial charge in [0.2, 0.25) is 0 Å². The molecule has 0 bridgehead atoms. The summed E-state index contributed by atoms with van der Waals surface area (Å²) in [5, 5.41) is 0. The minimum Gasteiger partial charge on any atom is -0.426 e. The zero-order valence-corrected chi connectivity index (χ0v) is 12.0. The van der Waals surface area contributed by atoms with Crippen LogP contribution < -0.4 is 4.74 Å². The number of hydrogen-bond acceptors (Lipinski definition) is 3. The molecule has 0 spiro atoms. The summed E-state index contributed by atoms with van der Waals surface area (Å²) in [6, 6.07) is 5.88. The van der Waals surface area contributed by atoms with E-state index in [0.717, 1.165) is 11.1 Å². The average molecular weight is 252 g/mol. The predicted octanol–water partition coefficient (Wildman–Crippen LogP) is 3.74. The molecule has 0 N–H and O–H groups in total. The number of rotatable bonds is 3. The van der Waals surface area contributed by atoms with E-state index in [1.807, 2.05) is 32.0 Å². The van der Waals surface area contributed by atoms with E-state index in [2.05, 4.69) is 20.8 Å². The van der Waals surface area contributed by atoms with Crippen molar-refractivity contribution in [2.24, 2.45) is 0 Å². The molecule has 0 atom stereocenters. The maximum absolute atomic E-state index is 11.7. The lowest BCUT2D eigenvalue weighted by molar-refractivity contribution is -0.131. The Kier molecular flexibility index (Phi) is 4.63. The van der Waals surface area contributed by atoms with Gasteiger partial charge in [-0.2, -0.15) is 0 Å². The van der Waals surface area contributed by atoms with Crippen molar-refractivity contribution in [1.82, 2.24) is 0 Å². The molecule has 0 aliphatic rings. The van der Waals surface area contributed by atoms with Crippen molar-refractivity contribution < 1.29 is 9.53 Å². The summed E-state index contributed by atoms with van der Waals surface area (Å²) < 4.78 is 5.45. The fourth-order valence-corrected chi connectivity index (χ4v) is 1.85. The molecule has 1 aromatic rings. The van der Waals surface area contributed by atoms with Gasteiger partial charge < -0.3 is 4.74 Å². The van der Waals surface area contributed by atoms with Crippen molar-refractivity contribution in [3.05, 3.63) is 29.3 Å². The Morgan fingerprint density at radius 3 is 2.53 bits per heavy atom. The van der Waals surface area contributed by atoms with Crippen LogP contribution in [-0.4, -0.2) is 16.5 Å². The summed E-state index contributed by atoms with van der Waals surface area (Å²) in [5.41, 5.74) is 2.09. The third-order valence-electron chi connectivity index (χ3n) is 2.19. The highest BCUT2D eigenvalue weighted by Gasteiger charge is 2.15. The van der Waals surface area contributed by atoms with Crippen molar-refractivity contribution >= 4 is 17.7 Å². The summed E-state index contributed by atoms with van der Waals surface area (Å²) in [7, 11) is 0. The zero-order valence-electron chi connectivity index (χ0n) is 11.2. The molecule has 0 aliphatic carbocycles. The number of hydrogen-bond donors (Lipinski definition) is 0. The first-order valence-corrected chi connectivity index (χ1v) is 6.68. The number of esters is 1. The molecule has 0 unspecified atom stereocenters. The van der Waals surface area contributed by atoms with Crippen molar-refractivity contribution in [2.75, 3.05) is 5.75 Å². The Hall–Kier alpha value is -0.960. The molecule has 17 heavy (non-hydrogen) atoms. The molecule has 0 aliphatic heterocycles. The molecule has 94 valence electrons. The molecule has 1 rings (SSSR count). The van der Waals surface area contributed by atoms with Crippen LogP contribution in [0.5, 0.6) is 5.75 Å². The van der Waals surface area contributed by atoms with E-state index in [-0.39, 0.29) is 10.7 Å². The summed E-state index contributed by atoms with van der Waals surface area (Å²) in [6.07, 6.45) is 0. The monoisotopic (exact) mass is 252 g/mol. The van der Waals surface area contributed by atoms with Crippen molar-refractivity contribution in [3.8, 4) is 5.75 Å². The van der Waals surface area contributed by atoms with Gasteiger partial charge in [0.05, 0.1) is 5.75 Å². The van der Waals surface area contributed by atoms with Crippen LogP contribution in [0, 0.1) is 13.8 Å². The van der Waals surface area contributed by atoms with Gasteiger partial charge >= 0.3 is 5.97 Å². The Labute approximate surface area is 108 Å². The molecule has 0 fully saturated rings. The standard InChI is InChI=1S/C14H20O2S/c1-10-6-7-11(2)12(8-10)16-13(15)9-17-14(3,4)5/h6-8H,9H2,1-5H3. The molecule has 0 aromatic heterocycles. The first-order chi connectivity index (χ1) is 7.78. The lowest BCUT2D eigenvalue weighted by atomic mass is 10.1. The van der Waals surface area contributed by atoms with Crippen LogP contribution in [0.3, 0.4) is 0 Å². The van der Waals surface area contributed by atoms with E-state index in [0.29, 0.717) is 11.5 Å². The molecule has 0 heterocycles. The minimum absolute atomic E-state index is 0.0840. The highest BCUT2D eigenvalue weighted by molar-refractivity contribution is 8.01. The van der Waals surface area contributed by atoms with Gasteiger partial charge in [-0.25, -0.2) is 0 Å². The van der Waals surface area contributed by atoms with Crippen LogP contribution in [0.2, 0.25) is 0 Å². The van der Waals surface area contributed by atoms with E-state index < -0.39 is 0 Å². The Balaban J connectivity index is 2.59. The van der Waals surface area contributed by atoms with E-state index in [9.17, 15) is 4.79 Å². The van der Waals surface area contributed by atoms with Crippen LogP contribution in [0.4, 0.5) is 0 Å². The number of carbonyl (C=O) groups excluding carboxylic acids is 1. The second-order valence-corrected chi connectivity index (χ2v) is 6.95. The molecule has 3 heteroatoms. The molecule has 0 radical (unpaired) electrons. The van der Waals surface area contributed by atoms with Crippen LogP contribution in [0.25, 0.3) is 0 Å². The van der Waals surface area contributed by atoms with Gasteiger partial charge in [-0.3, -0.25) is 4.79 Å². The third kappa shape index (κ3) is 5.26. The fourth-order valence-electron chi connectivity index (χ4n) is 1.24. The van der Waals surface area contributed by atoms with Gasteiger partial charge in [0, 0.05) is 4.75 Å². The van der Waals surface area contributed by atoms with Gasteiger partial charge in [-0.05, 0) is 31.0 Å². The predicted molar refractivity (Wildman–Crippen MR) is 73.8 cm³/mol. The molecular weight excluding hydrogens is 232 g/mol. The highest BCUT2D eigenvalue weighted by atomic mass is 32.2. The van der Waals surface area contributed by atoms with Gasteiger partial charge in [0.15, 0.2) is 0 Å². The molecule has 0 amide bonds. The number of thioether (sulfide) groups is 1. The van der Waals surface area contributed by atoms with E-state index >= 15 is 0 Å². The first kappa shape index (κ1) is 14.1. The van der Waals surface area contributed by atoms with Gasteiger partial charge in [-0.1, -0.05) is 32.9 Å². The molecule has 0 saturated heterocycles. The maximum atomic E-state index is 11.7. The van der Waals surface area contributed by atoms with E-state index in [1.165, 1.54) is 0 Å². The molecule has 0 saturated carbocycles. The summed E-state index contributed by atoms with van der Waals surface area (Å²) >= 11 is 1.60. The largest absolute Gasteiger partial charge is 0.426 e. The van der Waals surface area contributed by atoms with Crippen LogP contribution in [-0.2, 0) is 4.79 Å². The van der Waals surface area contributed by atoms with Gasteiger partial charge in [-0.15, -0.1) is 11.8 Å². The SMILES string of the molecule is Cc1ccc(C)c(OC(=O)CSC(C)(C)C)c1. The summed E-state index contributed by atoms with van der Waals surface area (Å²) in [5.74, 6) is 0.875. The number of ether oxygens (including phenoxy) is 1. The lowest BCUT2D eigenvalue weighted by Gasteiger charge is -2.16. The quantitative estimate of drug-likeness (QED) is 0.605. The van der Waals surface area contributed by atoms with Crippen molar-refractivity contribution in [1.29, 1.82) is 0 Å². The number of carbonyl (C=O) groups is 1. The lowest BCUT2D eigenvalue weighted by Crippen LogP contribution is -2.17. The van der Waals surface area contributed by atoms with Gasteiger partial charge in [0.25, 0.3) is 0 Å². The molecule has 2 nitrogen and oxygen atoms in total. The summed E-state index contributed by atoms with van der Waals surface area (Å²) in [6.45, 7) is 10.2. The Bertz CT molecular complexity index is 405. The van der Waals surface area contributed by atoms with Crippen LogP contribution >= 0.6 is 11.8 Å². The smallest absolute Gasteiger partial charge is 0.321 e. The minimum atomic E-state index is -0.182. The van der Waals surface area contributed by atoms with E-state index in [1.54, 1.807) is 11.8 Å². The van der Waals surface area contributed by atoms with Crippen LogP contribution in [0.15, 0.2) is 18.2 Å². The Morgan fingerprint density at radius 2 is 1.94 bits per heavy atom. The fraction of sp³-hybridized carbons (Fsp3) is 0.500.